The first-order valence-corrected chi connectivity index (χ1v) is 6.59. The lowest BCUT2D eigenvalue weighted by atomic mass is 10.1. The first-order valence-electron chi connectivity index (χ1n) is 5.77. The van der Waals surface area contributed by atoms with E-state index in [1.165, 1.54) is 0 Å². The van der Waals surface area contributed by atoms with Gasteiger partial charge in [-0.1, -0.05) is 30.3 Å². The van der Waals surface area contributed by atoms with Crippen molar-refractivity contribution in [3.63, 3.8) is 0 Å². The highest BCUT2D eigenvalue weighted by molar-refractivity contribution is 7.17. The third kappa shape index (κ3) is 2.17. The van der Waals surface area contributed by atoms with Gasteiger partial charge in [-0.15, -0.1) is 11.3 Å². The van der Waals surface area contributed by atoms with E-state index in [9.17, 15) is 14.7 Å². The molecule has 3 aromatic rings. The van der Waals surface area contributed by atoms with Gasteiger partial charge in [-0.3, -0.25) is 9.78 Å². The Kier molecular flexibility index (Phi) is 3.00. The van der Waals surface area contributed by atoms with E-state index in [0.29, 0.717) is 15.3 Å². The number of H-pyrrole nitrogens is 1. The molecule has 6 heteroatoms. The van der Waals surface area contributed by atoms with Crippen molar-refractivity contribution in [1.82, 2.24) is 4.98 Å². The predicted molar refractivity (Wildman–Crippen MR) is 74.2 cm³/mol. The molecule has 20 heavy (non-hydrogen) atoms. The van der Waals surface area contributed by atoms with E-state index in [4.69, 9.17) is 4.42 Å². The number of nitrogens with one attached hydrogen (secondary N) is 1. The normalized spacial score (nSPS) is 10.6. The van der Waals surface area contributed by atoms with Crippen molar-refractivity contribution in [1.29, 1.82) is 0 Å². The lowest BCUT2D eigenvalue weighted by Gasteiger charge is -1.96. The molecule has 0 bridgehead atoms. The van der Waals surface area contributed by atoms with Gasteiger partial charge in [0.05, 0.1) is 9.75 Å². The van der Waals surface area contributed by atoms with Crippen molar-refractivity contribution in [3.8, 4) is 16.5 Å². The molecule has 0 unspecified atom stereocenters. The summed E-state index contributed by atoms with van der Waals surface area (Å²) >= 11 is 1.15. The Morgan fingerprint density at radius 2 is 1.90 bits per heavy atom. The molecule has 0 atom stereocenters. The highest BCUT2D eigenvalue weighted by atomic mass is 32.1. The minimum absolute atomic E-state index is 0.0483. The van der Waals surface area contributed by atoms with E-state index >= 15 is 0 Å². The zero-order chi connectivity index (χ0) is 14.1. The van der Waals surface area contributed by atoms with Crippen LogP contribution in [0.25, 0.3) is 10.6 Å². The Bertz CT molecular complexity index is 813. The Morgan fingerprint density at radius 1 is 1.15 bits per heavy atom. The van der Waals surface area contributed by atoms with Crippen molar-refractivity contribution in [2.45, 2.75) is 0 Å². The van der Waals surface area contributed by atoms with E-state index in [-0.39, 0.29) is 17.4 Å². The molecule has 0 saturated heterocycles. The topological polar surface area (TPSA) is 83.3 Å². The summed E-state index contributed by atoms with van der Waals surface area (Å²) in [6.45, 7) is 0. The number of carbonyl (C=O) groups is 1. The smallest absolute Gasteiger partial charge is 0.419 e. The average Bonchev–Trinajstić information content (AvgIpc) is 3.05. The SMILES string of the molecule is O=C(c1ccccc1)c1ccc(-c2oc(=O)[nH]c2O)s1. The lowest BCUT2D eigenvalue weighted by molar-refractivity contribution is 0.104. The molecule has 0 aliphatic carbocycles. The van der Waals surface area contributed by atoms with Crippen LogP contribution in [0.4, 0.5) is 0 Å². The van der Waals surface area contributed by atoms with Crippen molar-refractivity contribution >= 4 is 17.1 Å². The van der Waals surface area contributed by atoms with E-state index in [2.05, 4.69) is 4.98 Å². The summed E-state index contributed by atoms with van der Waals surface area (Å²) in [4.78, 5) is 26.4. The summed E-state index contributed by atoms with van der Waals surface area (Å²) in [6.07, 6.45) is 0. The number of oxazole rings is 1. The fraction of sp³-hybridized carbons (Fsp3) is 0. The molecule has 0 spiro atoms. The second-order valence-electron chi connectivity index (χ2n) is 4.05. The average molecular weight is 287 g/mol. The van der Waals surface area contributed by atoms with E-state index in [0.717, 1.165) is 11.3 Å². The minimum Gasteiger partial charge on any atom is -0.492 e. The third-order valence-electron chi connectivity index (χ3n) is 2.72. The molecule has 2 aromatic heterocycles. The highest BCUT2D eigenvalue weighted by Crippen LogP contribution is 2.33. The standard InChI is InChI=1S/C14H9NO4S/c16-11(8-4-2-1-3-5-8)9-6-7-10(20-9)12-13(17)15-14(18)19-12/h1-7,17H,(H,15,18). The summed E-state index contributed by atoms with van der Waals surface area (Å²) in [5, 5.41) is 9.52. The Labute approximate surface area is 117 Å². The number of benzene rings is 1. The molecule has 0 aliphatic rings. The largest absolute Gasteiger partial charge is 0.492 e. The quantitative estimate of drug-likeness (QED) is 0.725. The maximum atomic E-state index is 12.2. The minimum atomic E-state index is -0.734. The van der Waals surface area contributed by atoms with Crippen LogP contribution in [-0.4, -0.2) is 15.9 Å². The second-order valence-corrected chi connectivity index (χ2v) is 5.14. The van der Waals surface area contributed by atoms with Crippen LogP contribution in [-0.2, 0) is 0 Å². The number of ketones is 1. The Morgan fingerprint density at radius 3 is 2.55 bits per heavy atom. The fourth-order valence-electron chi connectivity index (χ4n) is 1.80. The van der Waals surface area contributed by atoms with Gasteiger partial charge in [-0.2, -0.15) is 0 Å². The van der Waals surface area contributed by atoms with Gasteiger partial charge in [0.15, 0.2) is 0 Å². The van der Waals surface area contributed by atoms with Crippen molar-refractivity contribution < 1.29 is 14.3 Å². The molecule has 100 valence electrons. The number of aromatic amines is 1. The molecular weight excluding hydrogens is 278 g/mol. The van der Waals surface area contributed by atoms with Gasteiger partial charge >= 0.3 is 5.76 Å². The number of hydrogen-bond donors (Lipinski definition) is 2. The predicted octanol–water partition coefficient (Wildman–Crippen LogP) is 2.63. The number of thiophene rings is 1. The van der Waals surface area contributed by atoms with Gasteiger partial charge in [0, 0.05) is 5.56 Å². The van der Waals surface area contributed by atoms with Gasteiger partial charge in [-0.05, 0) is 12.1 Å². The van der Waals surface area contributed by atoms with Crippen molar-refractivity contribution in [2.24, 2.45) is 0 Å². The molecule has 0 aliphatic heterocycles. The number of aromatic nitrogens is 1. The lowest BCUT2D eigenvalue weighted by Crippen LogP contribution is -1.97. The molecule has 2 N–H and O–H groups in total. The van der Waals surface area contributed by atoms with E-state index in [1.54, 1.807) is 36.4 Å². The Balaban J connectivity index is 1.97. The molecule has 5 nitrogen and oxygen atoms in total. The Hall–Kier alpha value is -2.60. The third-order valence-corrected chi connectivity index (χ3v) is 3.80. The van der Waals surface area contributed by atoms with E-state index in [1.807, 2.05) is 6.07 Å². The van der Waals surface area contributed by atoms with Gasteiger partial charge in [0.1, 0.15) is 0 Å². The van der Waals surface area contributed by atoms with Crippen LogP contribution in [0.5, 0.6) is 5.88 Å². The zero-order valence-corrected chi connectivity index (χ0v) is 10.9. The summed E-state index contributed by atoms with van der Waals surface area (Å²) in [7, 11) is 0. The van der Waals surface area contributed by atoms with Crippen molar-refractivity contribution in [3.05, 3.63) is 63.5 Å². The first kappa shape index (κ1) is 12.4. The van der Waals surface area contributed by atoms with Crippen LogP contribution in [0.1, 0.15) is 15.2 Å². The molecule has 0 radical (unpaired) electrons. The first-order chi connectivity index (χ1) is 9.65. The highest BCUT2D eigenvalue weighted by Gasteiger charge is 2.17. The van der Waals surface area contributed by atoms with Gasteiger partial charge in [-0.25, -0.2) is 4.79 Å². The summed E-state index contributed by atoms with van der Waals surface area (Å²) < 4.78 is 4.84. The van der Waals surface area contributed by atoms with Gasteiger partial charge < -0.3 is 9.52 Å². The maximum absolute atomic E-state index is 12.2. The summed E-state index contributed by atoms with van der Waals surface area (Å²) in [5.74, 6) is -1.14. The second kappa shape index (κ2) is 4.82. The molecule has 2 heterocycles. The zero-order valence-electron chi connectivity index (χ0n) is 10.1. The molecule has 0 fully saturated rings. The van der Waals surface area contributed by atoms with Crippen LogP contribution >= 0.6 is 11.3 Å². The number of carbonyl (C=O) groups excluding carboxylic acids is 1. The number of rotatable bonds is 3. The number of hydrogen-bond acceptors (Lipinski definition) is 5. The van der Waals surface area contributed by atoms with E-state index < -0.39 is 5.76 Å². The van der Waals surface area contributed by atoms with Crippen LogP contribution in [0, 0.1) is 0 Å². The number of aromatic hydroxyl groups is 1. The fourth-order valence-corrected chi connectivity index (χ4v) is 2.75. The van der Waals surface area contributed by atoms with Crippen LogP contribution in [0.2, 0.25) is 0 Å². The van der Waals surface area contributed by atoms with Crippen LogP contribution < -0.4 is 5.76 Å². The molecular formula is C14H9NO4S. The van der Waals surface area contributed by atoms with Gasteiger partial charge in [0.25, 0.3) is 0 Å². The maximum Gasteiger partial charge on any atom is 0.419 e. The van der Waals surface area contributed by atoms with Gasteiger partial charge in [0.2, 0.25) is 17.4 Å². The molecule has 1 aromatic carbocycles. The molecule has 0 saturated carbocycles. The monoisotopic (exact) mass is 287 g/mol. The van der Waals surface area contributed by atoms with Crippen molar-refractivity contribution in [2.75, 3.05) is 0 Å². The summed E-state index contributed by atoms with van der Waals surface area (Å²) in [5.41, 5.74) is 0.584. The van der Waals surface area contributed by atoms with Crippen LogP contribution in [0.15, 0.2) is 51.7 Å². The van der Waals surface area contributed by atoms with Crippen LogP contribution in [0.3, 0.4) is 0 Å². The molecule has 0 amide bonds. The summed E-state index contributed by atoms with van der Waals surface area (Å²) in [6, 6.07) is 12.2. The molecule has 3 rings (SSSR count).